The maximum atomic E-state index is 3.49. The van der Waals surface area contributed by atoms with E-state index in [4.69, 9.17) is 0 Å². The number of fused-ring (bicyclic) bond motifs is 1. The maximum absolute atomic E-state index is 3.49. The summed E-state index contributed by atoms with van der Waals surface area (Å²) in [5, 5.41) is 3.49. The van der Waals surface area contributed by atoms with Gasteiger partial charge in [0.15, 0.2) is 0 Å². The molecule has 94 valence electrons. The van der Waals surface area contributed by atoms with Crippen molar-refractivity contribution in [1.29, 1.82) is 0 Å². The molecule has 0 saturated carbocycles. The Kier molecular flexibility index (Phi) is 4.61. The van der Waals surface area contributed by atoms with Gasteiger partial charge in [0.25, 0.3) is 0 Å². The molecule has 1 N–H and O–H groups in total. The van der Waals surface area contributed by atoms with E-state index < -0.39 is 0 Å². The largest absolute Gasteiger partial charge is 0.317 e. The van der Waals surface area contributed by atoms with E-state index in [1.807, 2.05) is 0 Å². The fourth-order valence-corrected chi connectivity index (χ4v) is 2.94. The average molecular weight is 231 g/mol. The van der Waals surface area contributed by atoms with Crippen molar-refractivity contribution in [3.05, 3.63) is 35.4 Å². The molecule has 2 unspecified atom stereocenters. The quantitative estimate of drug-likeness (QED) is 0.702. The molecule has 1 heteroatoms. The summed E-state index contributed by atoms with van der Waals surface area (Å²) in [6, 6.07) is 9.63. The fourth-order valence-electron chi connectivity index (χ4n) is 2.94. The highest BCUT2D eigenvalue weighted by molar-refractivity contribution is 5.39. The van der Waals surface area contributed by atoms with Crippen molar-refractivity contribution >= 4 is 0 Å². The van der Waals surface area contributed by atoms with Crippen LogP contribution in [0.1, 0.15) is 56.1 Å². The second-order valence-electron chi connectivity index (χ2n) is 5.32. The van der Waals surface area contributed by atoms with Gasteiger partial charge < -0.3 is 5.32 Å². The van der Waals surface area contributed by atoms with Gasteiger partial charge in [-0.25, -0.2) is 0 Å². The van der Waals surface area contributed by atoms with Gasteiger partial charge in [0.2, 0.25) is 0 Å². The SMILES string of the molecule is CCCCCC(CC1Cc2ccccc21)NC. The molecule has 0 heterocycles. The van der Waals surface area contributed by atoms with Crippen LogP contribution < -0.4 is 5.32 Å². The highest BCUT2D eigenvalue weighted by atomic mass is 14.9. The van der Waals surface area contributed by atoms with Crippen molar-refractivity contribution in [2.45, 2.75) is 57.4 Å². The molecule has 0 aromatic heterocycles. The topological polar surface area (TPSA) is 12.0 Å². The van der Waals surface area contributed by atoms with Crippen LogP contribution in [0.4, 0.5) is 0 Å². The van der Waals surface area contributed by atoms with E-state index in [9.17, 15) is 0 Å². The summed E-state index contributed by atoms with van der Waals surface area (Å²) in [4.78, 5) is 0. The van der Waals surface area contributed by atoms with Crippen molar-refractivity contribution in [3.8, 4) is 0 Å². The Morgan fingerprint density at radius 2 is 2.12 bits per heavy atom. The van der Waals surface area contributed by atoms with Gasteiger partial charge in [-0.2, -0.15) is 0 Å². The zero-order chi connectivity index (χ0) is 12.1. The number of unbranched alkanes of at least 4 members (excludes halogenated alkanes) is 2. The van der Waals surface area contributed by atoms with Crippen molar-refractivity contribution in [3.63, 3.8) is 0 Å². The number of hydrogen-bond acceptors (Lipinski definition) is 1. The first-order valence-electron chi connectivity index (χ1n) is 7.10. The van der Waals surface area contributed by atoms with Crippen LogP contribution in [0.25, 0.3) is 0 Å². The van der Waals surface area contributed by atoms with Crippen LogP contribution in [0.15, 0.2) is 24.3 Å². The van der Waals surface area contributed by atoms with Crippen LogP contribution >= 0.6 is 0 Å². The van der Waals surface area contributed by atoms with E-state index in [-0.39, 0.29) is 0 Å². The highest BCUT2D eigenvalue weighted by Crippen LogP contribution is 2.38. The van der Waals surface area contributed by atoms with Crippen LogP contribution in [-0.2, 0) is 6.42 Å². The lowest BCUT2D eigenvalue weighted by molar-refractivity contribution is 0.407. The predicted octanol–water partition coefficient (Wildman–Crippen LogP) is 3.88. The van der Waals surface area contributed by atoms with Gasteiger partial charge in [0.05, 0.1) is 0 Å². The molecule has 1 aromatic rings. The molecular formula is C16H25N. The summed E-state index contributed by atoms with van der Waals surface area (Å²) in [6.07, 6.45) is 8.01. The number of benzene rings is 1. The van der Waals surface area contributed by atoms with Gasteiger partial charge in [-0.15, -0.1) is 0 Å². The Morgan fingerprint density at radius 1 is 1.29 bits per heavy atom. The van der Waals surface area contributed by atoms with Crippen molar-refractivity contribution in [1.82, 2.24) is 5.32 Å². The van der Waals surface area contributed by atoms with Gasteiger partial charge in [0, 0.05) is 6.04 Å². The summed E-state index contributed by atoms with van der Waals surface area (Å²) < 4.78 is 0. The number of rotatable bonds is 7. The fraction of sp³-hybridized carbons (Fsp3) is 0.625. The summed E-state index contributed by atoms with van der Waals surface area (Å²) in [6.45, 7) is 2.27. The Balaban J connectivity index is 1.81. The Labute approximate surface area is 106 Å². The molecule has 0 aliphatic heterocycles. The van der Waals surface area contributed by atoms with Crippen LogP contribution in [0, 0.1) is 0 Å². The molecule has 0 amide bonds. The molecule has 0 spiro atoms. The smallest absolute Gasteiger partial charge is 0.00700 e. The second kappa shape index (κ2) is 6.20. The molecule has 1 aliphatic carbocycles. The van der Waals surface area contributed by atoms with Gasteiger partial charge in [-0.1, -0.05) is 50.5 Å². The van der Waals surface area contributed by atoms with Gasteiger partial charge in [-0.3, -0.25) is 0 Å². The normalized spacial score (nSPS) is 19.5. The minimum Gasteiger partial charge on any atom is -0.317 e. The molecular weight excluding hydrogens is 206 g/mol. The van der Waals surface area contributed by atoms with E-state index in [1.54, 1.807) is 11.1 Å². The zero-order valence-electron chi connectivity index (χ0n) is 11.2. The van der Waals surface area contributed by atoms with E-state index in [1.165, 1.54) is 38.5 Å². The molecule has 0 radical (unpaired) electrons. The molecule has 0 saturated heterocycles. The lowest BCUT2D eigenvalue weighted by Crippen LogP contribution is -2.30. The van der Waals surface area contributed by atoms with Crippen molar-refractivity contribution in [2.24, 2.45) is 0 Å². The summed E-state index contributed by atoms with van der Waals surface area (Å²) >= 11 is 0. The third kappa shape index (κ3) is 3.10. The van der Waals surface area contributed by atoms with Crippen LogP contribution in [0.5, 0.6) is 0 Å². The van der Waals surface area contributed by atoms with Crippen LogP contribution in [0.2, 0.25) is 0 Å². The lowest BCUT2D eigenvalue weighted by Gasteiger charge is -2.33. The van der Waals surface area contributed by atoms with Gasteiger partial charge in [-0.05, 0) is 43.4 Å². The molecule has 0 fully saturated rings. The van der Waals surface area contributed by atoms with E-state index in [2.05, 4.69) is 43.6 Å². The molecule has 1 nitrogen and oxygen atoms in total. The van der Waals surface area contributed by atoms with Gasteiger partial charge >= 0.3 is 0 Å². The van der Waals surface area contributed by atoms with E-state index in [0.29, 0.717) is 6.04 Å². The molecule has 2 atom stereocenters. The Bertz CT molecular complexity index is 345. The predicted molar refractivity (Wildman–Crippen MR) is 74.5 cm³/mol. The standard InChI is InChI=1S/C16H25N/c1-3-4-5-9-15(17-2)12-14-11-13-8-6-7-10-16(13)14/h6-8,10,14-15,17H,3-5,9,11-12H2,1-2H3. The van der Waals surface area contributed by atoms with Crippen LogP contribution in [0.3, 0.4) is 0 Å². The third-order valence-electron chi connectivity index (χ3n) is 4.09. The average Bonchev–Trinajstić information content (AvgIpc) is 2.34. The third-order valence-corrected chi connectivity index (χ3v) is 4.09. The maximum Gasteiger partial charge on any atom is 0.00700 e. The number of hydrogen-bond donors (Lipinski definition) is 1. The molecule has 17 heavy (non-hydrogen) atoms. The minimum absolute atomic E-state index is 0.708. The summed E-state index contributed by atoms with van der Waals surface area (Å²) in [7, 11) is 2.11. The zero-order valence-corrected chi connectivity index (χ0v) is 11.2. The first-order chi connectivity index (χ1) is 8.35. The van der Waals surface area contributed by atoms with E-state index in [0.717, 1.165) is 5.92 Å². The first-order valence-corrected chi connectivity index (χ1v) is 7.10. The Hall–Kier alpha value is -0.820. The van der Waals surface area contributed by atoms with Gasteiger partial charge in [0.1, 0.15) is 0 Å². The molecule has 2 rings (SSSR count). The minimum atomic E-state index is 0.708. The van der Waals surface area contributed by atoms with Crippen LogP contribution in [-0.4, -0.2) is 13.1 Å². The summed E-state index contributed by atoms with van der Waals surface area (Å²) in [5.41, 5.74) is 3.17. The highest BCUT2D eigenvalue weighted by Gasteiger charge is 2.27. The molecule has 1 aromatic carbocycles. The van der Waals surface area contributed by atoms with E-state index >= 15 is 0 Å². The molecule has 0 bridgehead atoms. The number of nitrogens with one attached hydrogen (secondary N) is 1. The van der Waals surface area contributed by atoms with Crippen molar-refractivity contribution in [2.75, 3.05) is 7.05 Å². The van der Waals surface area contributed by atoms with Crippen molar-refractivity contribution < 1.29 is 0 Å². The lowest BCUT2D eigenvalue weighted by atomic mass is 9.74. The monoisotopic (exact) mass is 231 g/mol. The summed E-state index contributed by atoms with van der Waals surface area (Å²) in [5.74, 6) is 0.810. The Morgan fingerprint density at radius 3 is 2.82 bits per heavy atom. The second-order valence-corrected chi connectivity index (χ2v) is 5.32. The molecule has 1 aliphatic rings. The first kappa shape index (κ1) is 12.6.